The number of esters is 1. The maximum absolute atomic E-state index is 11.8. The Morgan fingerprint density at radius 3 is 2.62 bits per heavy atom. The molecule has 0 N–H and O–H groups in total. The van der Waals surface area contributed by atoms with Crippen molar-refractivity contribution in [1.29, 1.82) is 0 Å². The average molecular weight is 367 g/mol. The van der Waals surface area contributed by atoms with Gasteiger partial charge in [-0.3, -0.25) is 0 Å². The van der Waals surface area contributed by atoms with E-state index in [1.54, 1.807) is 36.4 Å². The first-order valence-corrected chi connectivity index (χ1v) is 7.83. The van der Waals surface area contributed by atoms with Gasteiger partial charge >= 0.3 is 5.97 Å². The van der Waals surface area contributed by atoms with Crippen molar-refractivity contribution in [2.24, 2.45) is 0 Å². The highest BCUT2D eigenvalue weighted by molar-refractivity contribution is 6.35. The lowest BCUT2D eigenvalue weighted by molar-refractivity contribution is 0.0549. The Labute approximate surface area is 150 Å². The van der Waals surface area contributed by atoms with Crippen molar-refractivity contribution < 1.29 is 19.0 Å². The van der Waals surface area contributed by atoms with E-state index in [1.165, 1.54) is 13.2 Å². The van der Waals surface area contributed by atoms with E-state index < -0.39 is 5.97 Å². The van der Waals surface area contributed by atoms with Gasteiger partial charge in [0.15, 0.2) is 11.5 Å². The standard InChI is InChI=1S/C18H16Cl2O4/c1-3-8-23-18(21)12-5-7-16(17(9-12)22-2)24-11-13-4-6-14(19)10-15(13)20/h3-7,9-10H,1,8,11H2,2H3. The van der Waals surface area contributed by atoms with E-state index >= 15 is 0 Å². The molecule has 2 aromatic rings. The fraction of sp³-hybridized carbons (Fsp3) is 0.167. The second kappa shape index (κ2) is 8.62. The smallest absolute Gasteiger partial charge is 0.338 e. The second-order valence-corrected chi connectivity index (χ2v) is 5.62. The van der Waals surface area contributed by atoms with Crippen molar-refractivity contribution >= 4 is 29.2 Å². The molecule has 0 aliphatic heterocycles. The Morgan fingerprint density at radius 2 is 1.96 bits per heavy atom. The summed E-state index contributed by atoms with van der Waals surface area (Å²) in [5, 5.41) is 1.08. The first-order chi connectivity index (χ1) is 11.5. The number of benzene rings is 2. The fourth-order valence-corrected chi connectivity index (χ4v) is 2.39. The molecule has 0 unspecified atom stereocenters. The molecule has 24 heavy (non-hydrogen) atoms. The van der Waals surface area contributed by atoms with Gasteiger partial charge in [0.25, 0.3) is 0 Å². The summed E-state index contributed by atoms with van der Waals surface area (Å²) in [6.07, 6.45) is 1.50. The van der Waals surface area contributed by atoms with Crippen LogP contribution < -0.4 is 9.47 Å². The molecule has 0 spiro atoms. The van der Waals surface area contributed by atoms with Crippen molar-refractivity contribution in [2.75, 3.05) is 13.7 Å². The molecule has 0 aliphatic carbocycles. The molecular weight excluding hydrogens is 351 g/mol. The topological polar surface area (TPSA) is 44.8 Å². The fourth-order valence-electron chi connectivity index (χ4n) is 1.93. The van der Waals surface area contributed by atoms with Gasteiger partial charge in [0.1, 0.15) is 13.2 Å². The van der Waals surface area contributed by atoms with Gasteiger partial charge in [0.05, 0.1) is 12.7 Å². The first-order valence-electron chi connectivity index (χ1n) is 7.08. The molecule has 4 nitrogen and oxygen atoms in total. The van der Waals surface area contributed by atoms with Gasteiger partial charge < -0.3 is 14.2 Å². The Hall–Kier alpha value is -2.17. The molecule has 2 rings (SSSR count). The van der Waals surface area contributed by atoms with Crippen molar-refractivity contribution in [3.05, 3.63) is 70.2 Å². The molecule has 0 radical (unpaired) electrons. The van der Waals surface area contributed by atoms with Crippen LogP contribution in [0.2, 0.25) is 10.0 Å². The number of hydrogen-bond acceptors (Lipinski definition) is 4. The van der Waals surface area contributed by atoms with Crippen LogP contribution in [0.1, 0.15) is 15.9 Å². The predicted octanol–water partition coefficient (Wildman–Crippen LogP) is 4.92. The molecule has 0 bridgehead atoms. The lowest BCUT2D eigenvalue weighted by Crippen LogP contribution is -2.06. The van der Waals surface area contributed by atoms with Gasteiger partial charge in [-0.05, 0) is 30.3 Å². The highest BCUT2D eigenvalue weighted by Crippen LogP contribution is 2.30. The summed E-state index contributed by atoms with van der Waals surface area (Å²) in [5.74, 6) is 0.456. The zero-order valence-electron chi connectivity index (χ0n) is 13.1. The van der Waals surface area contributed by atoms with Crippen LogP contribution in [0.25, 0.3) is 0 Å². The third-order valence-corrected chi connectivity index (χ3v) is 3.72. The van der Waals surface area contributed by atoms with Gasteiger partial charge in [0, 0.05) is 15.6 Å². The normalized spacial score (nSPS) is 10.1. The minimum atomic E-state index is -0.458. The number of carbonyl (C=O) groups excluding carboxylic acids is 1. The van der Waals surface area contributed by atoms with E-state index in [-0.39, 0.29) is 13.2 Å². The molecule has 0 atom stereocenters. The quantitative estimate of drug-likeness (QED) is 0.515. The Balaban J connectivity index is 2.12. The van der Waals surface area contributed by atoms with Gasteiger partial charge in [-0.2, -0.15) is 0 Å². The third-order valence-electron chi connectivity index (χ3n) is 3.13. The van der Waals surface area contributed by atoms with E-state index in [9.17, 15) is 4.79 Å². The summed E-state index contributed by atoms with van der Waals surface area (Å²) in [5.41, 5.74) is 1.16. The second-order valence-electron chi connectivity index (χ2n) is 4.78. The maximum Gasteiger partial charge on any atom is 0.338 e. The largest absolute Gasteiger partial charge is 0.493 e. The number of carbonyl (C=O) groups is 1. The van der Waals surface area contributed by atoms with E-state index in [0.717, 1.165) is 5.56 Å². The number of halogens is 2. The number of methoxy groups -OCH3 is 1. The number of hydrogen-bond donors (Lipinski definition) is 0. The van der Waals surface area contributed by atoms with E-state index in [1.807, 2.05) is 0 Å². The molecule has 0 amide bonds. The van der Waals surface area contributed by atoms with Crippen LogP contribution in [-0.4, -0.2) is 19.7 Å². The lowest BCUT2D eigenvalue weighted by Gasteiger charge is -2.13. The monoisotopic (exact) mass is 366 g/mol. The van der Waals surface area contributed by atoms with Crippen molar-refractivity contribution in [3.8, 4) is 11.5 Å². The Kier molecular flexibility index (Phi) is 6.53. The minimum absolute atomic E-state index is 0.147. The van der Waals surface area contributed by atoms with Crippen LogP contribution in [0.15, 0.2) is 49.1 Å². The SMILES string of the molecule is C=CCOC(=O)c1ccc(OCc2ccc(Cl)cc2Cl)c(OC)c1. The minimum Gasteiger partial charge on any atom is -0.493 e. The van der Waals surface area contributed by atoms with Crippen LogP contribution in [0.4, 0.5) is 0 Å². The number of rotatable bonds is 7. The van der Waals surface area contributed by atoms with Crippen LogP contribution >= 0.6 is 23.2 Å². The lowest BCUT2D eigenvalue weighted by atomic mass is 10.2. The van der Waals surface area contributed by atoms with Crippen molar-refractivity contribution in [3.63, 3.8) is 0 Å². The summed E-state index contributed by atoms with van der Waals surface area (Å²) in [6.45, 7) is 3.89. The third kappa shape index (κ3) is 4.66. The molecule has 0 aromatic heterocycles. The predicted molar refractivity (Wildman–Crippen MR) is 94.3 cm³/mol. The van der Waals surface area contributed by atoms with Gasteiger partial charge in [-0.1, -0.05) is 41.9 Å². The van der Waals surface area contributed by atoms with Crippen molar-refractivity contribution in [1.82, 2.24) is 0 Å². The molecule has 0 aliphatic rings. The van der Waals surface area contributed by atoms with E-state index in [0.29, 0.717) is 27.1 Å². The van der Waals surface area contributed by atoms with Crippen molar-refractivity contribution in [2.45, 2.75) is 6.61 Å². The summed E-state index contributed by atoms with van der Waals surface area (Å²) in [6, 6.07) is 9.99. The Morgan fingerprint density at radius 1 is 1.17 bits per heavy atom. The van der Waals surface area contributed by atoms with Gasteiger partial charge in [0.2, 0.25) is 0 Å². The molecule has 0 saturated carbocycles. The van der Waals surface area contributed by atoms with Crippen LogP contribution in [0.3, 0.4) is 0 Å². The van der Waals surface area contributed by atoms with Crippen LogP contribution in [-0.2, 0) is 11.3 Å². The van der Waals surface area contributed by atoms with Gasteiger partial charge in [-0.15, -0.1) is 0 Å². The molecule has 0 fully saturated rings. The average Bonchev–Trinajstić information content (AvgIpc) is 2.58. The summed E-state index contributed by atoms with van der Waals surface area (Å²) in [7, 11) is 1.50. The molecule has 0 heterocycles. The van der Waals surface area contributed by atoms with E-state index in [2.05, 4.69) is 6.58 Å². The van der Waals surface area contributed by atoms with Crippen LogP contribution in [0, 0.1) is 0 Å². The highest BCUT2D eigenvalue weighted by Gasteiger charge is 2.12. The maximum atomic E-state index is 11.8. The molecular formula is C18H16Cl2O4. The highest BCUT2D eigenvalue weighted by atomic mass is 35.5. The molecule has 6 heteroatoms. The molecule has 0 saturated heterocycles. The summed E-state index contributed by atoms with van der Waals surface area (Å²) >= 11 is 12.0. The van der Waals surface area contributed by atoms with E-state index in [4.69, 9.17) is 37.4 Å². The van der Waals surface area contributed by atoms with Gasteiger partial charge in [-0.25, -0.2) is 4.79 Å². The van der Waals surface area contributed by atoms with Crippen LogP contribution in [0.5, 0.6) is 11.5 Å². The number of ether oxygens (including phenoxy) is 3. The molecule has 126 valence electrons. The zero-order valence-corrected chi connectivity index (χ0v) is 14.6. The zero-order chi connectivity index (χ0) is 17.5. The summed E-state index contributed by atoms with van der Waals surface area (Å²) < 4.78 is 16.0. The Bertz CT molecular complexity index is 744. The molecule has 2 aromatic carbocycles. The summed E-state index contributed by atoms with van der Waals surface area (Å²) in [4.78, 5) is 11.8. The first kappa shape index (κ1) is 18.2.